The smallest absolute Gasteiger partial charge is 0.390 e. The first-order valence-electron chi connectivity index (χ1n) is 14.6. The number of thioether (sulfide) groups is 1. The van der Waals surface area contributed by atoms with Gasteiger partial charge in [0.25, 0.3) is 0 Å². The Bertz CT molecular complexity index is 1370. The molecular weight excluding hydrogens is 607 g/mol. The maximum Gasteiger partial charge on any atom is 0.417 e. The lowest BCUT2D eigenvalue weighted by Crippen LogP contribution is -2.44. The maximum atomic E-state index is 14.0. The molecule has 0 spiro atoms. The zero-order valence-electron chi connectivity index (χ0n) is 24.6. The van der Waals surface area contributed by atoms with Crippen molar-refractivity contribution in [2.24, 2.45) is 0 Å². The van der Waals surface area contributed by atoms with Gasteiger partial charge in [-0.2, -0.15) is 22.6 Å². The van der Waals surface area contributed by atoms with Crippen LogP contribution < -0.4 is 0 Å². The Balaban J connectivity index is 1.43. The SMILES string of the molecule is C[C@H]1COCCN1CCSc1cc(-c2nn(C[C@@H](O)CN3CCOCC3)c3c2CN(S(C)(=O)=O)CC3)ccc1C(F)(F)F. The fourth-order valence-electron chi connectivity index (χ4n) is 5.86. The Labute approximate surface area is 255 Å². The highest BCUT2D eigenvalue weighted by Gasteiger charge is 2.35. The third-order valence-corrected chi connectivity index (χ3v) is 10.5. The van der Waals surface area contributed by atoms with E-state index in [1.807, 2.05) is 6.92 Å². The molecule has 240 valence electrons. The molecule has 0 unspecified atom stereocenters. The second-order valence-electron chi connectivity index (χ2n) is 11.4. The minimum Gasteiger partial charge on any atom is -0.390 e. The number of hydrogen-bond acceptors (Lipinski definition) is 9. The lowest BCUT2D eigenvalue weighted by Gasteiger charge is -2.33. The number of aliphatic hydroxyl groups excluding tert-OH is 1. The first-order chi connectivity index (χ1) is 20.4. The van der Waals surface area contributed by atoms with Crippen LogP contribution in [0.1, 0.15) is 23.7 Å². The fourth-order valence-corrected chi connectivity index (χ4v) is 7.74. The molecule has 2 fully saturated rings. The van der Waals surface area contributed by atoms with E-state index < -0.39 is 27.9 Å². The summed E-state index contributed by atoms with van der Waals surface area (Å²) in [5, 5.41) is 15.7. The summed E-state index contributed by atoms with van der Waals surface area (Å²) in [4.78, 5) is 4.44. The van der Waals surface area contributed by atoms with Crippen LogP contribution >= 0.6 is 11.8 Å². The van der Waals surface area contributed by atoms with Gasteiger partial charge < -0.3 is 14.6 Å². The second kappa shape index (κ2) is 13.7. The lowest BCUT2D eigenvalue weighted by atomic mass is 10.0. The van der Waals surface area contributed by atoms with Gasteiger partial charge in [0.15, 0.2) is 0 Å². The van der Waals surface area contributed by atoms with E-state index >= 15 is 0 Å². The van der Waals surface area contributed by atoms with Gasteiger partial charge in [-0.1, -0.05) is 6.07 Å². The van der Waals surface area contributed by atoms with Crippen molar-refractivity contribution in [1.29, 1.82) is 0 Å². The van der Waals surface area contributed by atoms with Crippen LogP contribution in [0.15, 0.2) is 23.1 Å². The van der Waals surface area contributed by atoms with Crippen molar-refractivity contribution >= 4 is 21.8 Å². The molecule has 0 bridgehead atoms. The molecule has 2 aromatic rings. The molecule has 2 atom stereocenters. The molecule has 10 nitrogen and oxygen atoms in total. The molecular formula is C28H40F3N5O5S2. The van der Waals surface area contributed by atoms with E-state index in [4.69, 9.17) is 14.6 Å². The summed E-state index contributed by atoms with van der Waals surface area (Å²) in [6.07, 6.45) is -3.72. The van der Waals surface area contributed by atoms with Gasteiger partial charge in [-0.25, -0.2) is 8.42 Å². The number of alkyl halides is 3. The summed E-state index contributed by atoms with van der Waals surface area (Å²) < 4.78 is 80.9. The van der Waals surface area contributed by atoms with Crippen LogP contribution in [0.25, 0.3) is 11.3 Å². The Morgan fingerprint density at radius 2 is 1.86 bits per heavy atom. The van der Waals surface area contributed by atoms with Crippen molar-refractivity contribution in [3.05, 3.63) is 35.0 Å². The maximum absolute atomic E-state index is 14.0. The number of ether oxygens (including phenoxy) is 2. The number of aliphatic hydroxyl groups is 1. The highest BCUT2D eigenvalue weighted by molar-refractivity contribution is 7.99. The zero-order chi connectivity index (χ0) is 30.8. The van der Waals surface area contributed by atoms with Crippen molar-refractivity contribution in [3.8, 4) is 11.3 Å². The van der Waals surface area contributed by atoms with Gasteiger partial charge >= 0.3 is 6.18 Å². The number of nitrogens with zero attached hydrogens (tertiary/aromatic N) is 5. The van der Waals surface area contributed by atoms with E-state index in [2.05, 4.69) is 9.80 Å². The van der Waals surface area contributed by atoms with Gasteiger partial charge in [0.1, 0.15) is 0 Å². The van der Waals surface area contributed by atoms with Crippen LogP contribution in [-0.4, -0.2) is 127 Å². The van der Waals surface area contributed by atoms with Crippen LogP contribution in [0.4, 0.5) is 13.2 Å². The second-order valence-corrected chi connectivity index (χ2v) is 14.5. The largest absolute Gasteiger partial charge is 0.417 e. The number of morpholine rings is 2. The number of rotatable bonds is 10. The summed E-state index contributed by atoms with van der Waals surface area (Å²) in [7, 11) is -3.50. The number of benzene rings is 1. The number of aromatic nitrogens is 2. The van der Waals surface area contributed by atoms with Crippen molar-refractivity contribution < 1.29 is 36.2 Å². The number of fused-ring (bicyclic) bond motifs is 1. The Kier molecular flexibility index (Phi) is 10.4. The quantitative estimate of drug-likeness (QED) is 0.390. The van der Waals surface area contributed by atoms with Gasteiger partial charge in [0.05, 0.1) is 56.6 Å². The van der Waals surface area contributed by atoms with Crippen LogP contribution in [0.5, 0.6) is 0 Å². The van der Waals surface area contributed by atoms with E-state index in [0.717, 1.165) is 49.4 Å². The minimum atomic E-state index is -4.53. The molecule has 0 saturated carbocycles. The molecule has 4 heterocycles. The molecule has 3 aliphatic rings. The predicted octanol–water partition coefficient (Wildman–Crippen LogP) is 2.39. The number of halogens is 3. The molecule has 5 rings (SSSR count). The van der Waals surface area contributed by atoms with Gasteiger partial charge in [0.2, 0.25) is 10.0 Å². The molecule has 0 radical (unpaired) electrons. The van der Waals surface area contributed by atoms with Crippen LogP contribution in [0, 0.1) is 0 Å². The molecule has 1 aromatic heterocycles. The average molecular weight is 648 g/mol. The van der Waals surface area contributed by atoms with Crippen molar-refractivity contribution in [1.82, 2.24) is 23.9 Å². The van der Waals surface area contributed by atoms with E-state index in [9.17, 15) is 26.7 Å². The summed E-state index contributed by atoms with van der Waals surface area (Å²) in [5.41, 5.74) is 1.69. The third kappa shape index (κ3) is 8.12. The highest BCUT2D eigenvalue weighted by Crippen LogP contribution is 2.40. The summed E-state index contributed by atoms with van der Waals surface area (Å²) in [5.74, 6) is 0.471. The Morgan fingerprint density at radius 1 is 1.12 bits per heavy atom. The van der Waals surface area contributed by atoms with E-state index in [1.165, 1.54) is 16.4 Å². The third-order valence-electron chi connectivity index (χ3n) is 8.23. The van der Waals surface area contributed by atoms with Crippen molar-refractivity contribution in [2.75, 3.05) is 77.7 Å². The van der Waals surface area contributed by atoms with Crippen LogP contribution in [0.3, 0.4) is 0 Å². The zero-order valence-corrected chi connectivity index (χ0v) is 26.2. The molecule has 1 aromatic carbocycles. The number of β-amino-alcohol motifs (C(OH)–C–C–N with tert-alkyl or cyclic N) is 1. The first kappa shape index (κ1) is 32.7. The Hall–Kier alpha value is -1.72. The molecule has 2 saturated heterocycles. The molecule has 0 amide bonds. The molecule has 15 heteroatoms. The van der Waals surface area contributed by atoms with Gasteiger partial charge in [-0.15, -0.1) is 11.8 Å². The average Bonchev–Trinajstić information content (AvgIpc) is 3.31. The molecule has 3 aliphatic heterocycles. The highest BCUT2D eigenvalue weighted by atomic mass is 32.2. The minimum absolute atomic E-state index is 0.0709. The number of sulfonamides is 1. The standard InChI is InChI=1S/C28H40F3N5O5S2/c1-20-19-41-13-9-34(20)10-14-42-26-15-21(3-4-24(26)28(29,30)31)27-23-18-35(43(2,38)39)6-5-25(23)36(32-27)17-22(37)16-33-7-11-40-12-8-33/h3-4,15,20,22,37H,5-14,16-19H2,1-2H3/t20-,22-/m0/s1. The van der Waals surface area contributed by atoms with Gasteiger partial charge in [-0.05, 0) is 19.1 Å². The molecule has 1 N–H and O–H groups in total. The predicted molar refractivity (Wildman–Crippen MR) is 157 cm³/mol. The van der Waals surface area contributed by atoms with E-state index in [1.54, 1.807) is 4.68 Å². The number of hydrogen-bond donors (Lipinski definition) is 1. The molecule has 43 heavy (non-hydrogen) atoms. The normalized spacial score (nSPS) is 22.0. The monoisotopic (exact) mass is 647 g/mol. The lowest BCUT2D eigenvalue weighted by molar-refractivity contribution is -0.139. The van der Waals surface area contributed by atoms with Gasteiger partial charge in [0, 0.05) is 85.7 Å². The topological polar surface area (TPSA) is 100 Å². The summed E-state index contributed by atoms with van der Waals surface area (Å²) >= 11 is 1.16. The fraction of sp³-hybridized carbons (Fsp3) is 0.679. The van der Waals surface area contributed by atoms with Crippen molar-refractivity contribution in [2.45, 2.75) is 49.7 Å². The molecule has 0 aliphatic carbocycles. The Morgan fingerprint density at radius 3 is 2.56 bits per heavy atom. The van der Waals surface area contributed by atoms with Gasteiger partial charge in [-0.3, -0.25) is 14.5 Å². The van der Waals surface area contributed by atoms with E-state index in [0.29, 0.717) is 68.5 Å². The summed E-state index contributed by atoms with van der Waals surface area (Å²) in [6, 6.07) is 4.22. The van der Waals surface area contributed by atoms with Crippen LogP contribution in [-0.2, 0) is 45.2 Å². The van der Waals surface area contributed by atoms with Crippen LogP contribution in [0.2, 0.25) is 0 Å². The van der Waals surface area contributed by atoms with Crippen molar-refractivity contribution in [3.63, 3.8) is 0 Å². The first-order valence-corrected chi connectivity index (χ1v) is 17.4. The van der Waals surface area contributed by atoms with E-state index in [-0.39, 0.29) is 30.6 Å². The summed E-state index contributed by atoms with van der Waals surface area (Å²) in [6.45, 7) is 8.25.